The van der Waals surface area contributed by atoms with Crippen molar-refractivity contribution in [3.63, 3.8) is 0 Å². The number of ether oxygens (including phenoxy) is 1. The third-order valence-electron chi connectivity index (χ3n) is 3.62. The highest BCUT2D eigenvalue weighted by Gasteiger charge is 2.34. The summed E-state index contributed by atoms with van der Waals surface area (Å²) in [6, 6.07) is 6.42. The van der Waals surface area contributed by atoms with E-state index in [0.717, 1.165) is 13.1 Å². The lowest BCUT2D eigenvalue weighted by atomic mass is 9.87. The first-order valence-corrected chi connectivity index (χ1v) is 6.21. The van der Waals surface area contributed by atoms with Crippen LogP contribution < -0.4 is 5.32 Å². The van der Waals surface area contributed by atoms with E-state index in [9.17, 15) is 5.11 Å². The predicted octanol–water partition coefficient (Wildman–Crippen LogP) is 1.50. The molecule has 1 saturated heterocycles. The monoisotopic (exact) mass is 235 g/mol. The number of aliphatic hydroxyl groups excluding tert-OH is 1. The van der Waals surface area contributed by atoms with Crippen LogP contribution in [-0.2, 0) is 10.3 Å². The van der Waals surface area contributed by atoms with Gasteiger partial charge in [0.2, 0.25) is 0 Å². The molecular weight excluding hydrogens is 214 g/mol. The predicted molar refractivity (Wildman–Crippen MR) is 68.1 cm³/mol. The van der Waals surface area contributed by atoms with Crippen molar-refractivity contribution in [2.75, 3.05) is 26.3 Å². The minimum atomic E-state index is -0.356. The van der Waals surface area contributed by atoms with Crippen LogP contribution in [0.1, 0.15) is 23.1 Å². The molecule has 1 aromatic rings. The number of aryl methyl sites for hydroxylation is 2. The molecule has 3 nitrogen and oxygen atoms in total. The highest BCUT2D eigenvalue weighted by Crippen LogP contribution is 2.31. The lowest BCUT2D eigenvalue weighted by Crippen LogP contribution is -2.48. The molecule has 3 heteroatoms. The second kappa shape index (κ2) is 5.17. The average molecular weight is 235 g/mol. The Morgan fingerprint density at radius 1 is 1.35 bits per heavy atom. The minimum absolute atomic E-state index is 0.147. The summed E-state index contributed by atoms with van der Waals surface area (Å²) in [5, 5.41) is 12.6. The van der Waals surface area contributed by atoms with Gasteiger partial charge in [-0.05, 0) is 30.5 Å². The Labute approximate surface area is 103 Å². The summed E-state index contributed by atoms with van der Waals surface area (Å²) in [5.41, 5.74) is 3.37. The van der Waals surface area contributed by atoms with Gasteiger partial charge in [-0.1, -0.05) is 18.2 Å². The van der Waals surface area contributed by atoms with Crippen molar-refractivity contribution in [2.24, 2.45) is 0 Å². The fourth-order valence-electron chi connectivity index (χ4n) is 2.36. The quantitative estimate of drug-likeness (QED) is 0.834. The molecule has 0 amide bonds. The Bertz CT molecular complexity index is 378. The maximum atomic E-state index is 9.26. The zero-order chi connectivity index (χ0) is 12.3. The van der Waals surface area contributed by atoms with Gasteiger partial charge < -0.3 is 15.2 Å². The smallest absolute Gasteiger partial charge is 0.108 e. The largest absolute Gasteiger partial charge is 0.396 e. The summed E-state index contributed by atoms with van der Waals surface area (Å²) in [6.07, 6.45) is 0.641. The van der Waals surface area contributed by atoms with E-state index in [-0.39, 0.29) is 12.2 Å². The Kier molecular flexibility index (Phi) is 3.82. The van der Waals surface area contributed by atoms with E-state index in [1.165, 1.54) is 16.7 Å². The third kappa shape index (κ3) is 2.51. The van der Waals surface area contributed by atoms with Crippen LogP contribution in [0.25, 0.3) is 0 Å². The highest BCUT2D eigenvalue weighted by atomic mass is 16.5. The highest BCUT2D eigenvalue weighted by molar-refractivity contribution is 5.34. The fourth-order valence-corrected chi connectivity index (χ4v) is 2.36. The zero-order valence-electron chi connectivity index (χ0n) is 10.6. The number of benzene rings is 1. The lowest BCUT2D eigenvalue weighted by molar-refractivity contribution is -0.0840. The average Bonchev–Trinajstić information content (AvgIpc) is 2.34. The van der Waals surface area contributed by atoms with Gasteiger partial charge in [0.15, 0.2) is 0 Å². The van der Waals surface area contributed by atoms with E-state index >= 15 is 0 Å². The van der Waals surface area contributed by atoms with Crippen molar-refractivity contribution < 1.29 is 9.84 Å². The SMILES string of the molecule is Cc1ccc(C2(CCO)CNCCO2)cc1C. The van der Waals surface area contributed by atoms with Gasteiger partial charge in [-0.2, -0.15) is 0 Å². The second-order valence-corrected chi connectivity index (χ2v) is 4.79. The Balaban J connectivity index is 2.34. The Hall–Kier alpha value is -0.900. The van der Waals surface area contributed by atoms with Crippen molar-refractivity contribution in [1.82, 2.24) is 5.32 Å². The Morgan fingerprint density at radius 2 is 2.18 bits per heavy atom. The molecule has 0 spiro atoms. The molecule has 2 N–H and O–H groups in total. The van der Waals surface area contributed by atoms with Crippen molar-refractivity contribution in [3.8, 4) is 0 Å². The second-order valence-electron chi connectivity index (χ2n) is 4.79. The molecule has 0 aromatic heterocycles. The van der Waals surface area contributed by atoms with Crippen LogP contribution in [0.2, 0.25) is 0 Å². The van der Waals surface area contributed by atoms with Gasteiger partial charge in [0, 0.05) is 26.1 Å². The molecule has 1 aliphatic rings. The number of hydrogen-bond acceptors (Lipinski definition) is 3. The molecule has 0 aliphatic carbocycles. The van der Waals surface area contributed by atoms with Crippen LogP contribution in [0, 0.1) is 13.8 Å². The van der Waals surface area contributed by atoms with Gasteiger partial charge in [-0.15, -0.1) is 0 Å². The maximum Gasteiger partial charge on any atom is 0.108 e. The van der Waals surface area contributed by atoms with E-state index < -0.39 is 0 Å². The van der Waals surface area contributed by atoms with Crippen molar-refractivity contribution in [1.29, 1.82) is 0 Å². The molecule has 0 saturated carbocycles. The van der Waals surface area contributed by atoms with E-state index in [0.29, 0.717) is 13.0 Å². The number of rotatable bonds is 3. The van der Waals surface area contributed by atoms with Gasteiger partial charge in [0.1, 0.15) is 5.60 Å². The van der Waals surface area contributed by atoms with Gasteiger partial charge >= 0.3 is 0 Å². The lowest BCUT2D eigenvalue weighted by Gasteiger charge is -2.38. The van der Waals surface area contributed by atoms with Gasteiger partial charge in [-0.25, -0.2) is 0 Å². The fraction of sp³-hybridized carbons (Fsp3) is 0.571. The summed E-state index contributed by atoms with van der Waals surface area (Å²) in [5.74, 6) is 0. The van der Waals surface area contributed by atoms with E-state index in [2.05, 4.69) is 37.4 Å². The number of hydrogen-bond donors (Lipinski definition) is 2. The van der Waals surface area contributed by atoms with Crippen molar-refractivity contribution >= 4 is 0 Å². The van der Waals surface area contributed by atoms with Crippen LogP contribution in [-0.4, -0.2) is 31.4 Å². The normalized spacial score (nSPS) is 24.9. The minimum Gasteiger partial charge on any atom is -0.396 e. The maximum absolute atomic E-state index is 9.26. The van der Waals surface area contributed by atoms with E-state index in [1.54, 1.807) is 0 Å². The first-order valence-electron chi connectivity index (χ1n) is 6.21. The first kappa shape index (κ1) is 12.6. The third-order valence-corrected chi connectivity index (χ3v) is 3.62. The van der Waals surface area contributed by atoms with Crippen LogP contribution in [0.4, 0.5) is 0 Å². The molecule has 1 fully saturated rings. The summed E-state index contributed by atoms with van der Waals surface area (Å²) in [7, 11) is 0. The summed E-state index contributed by atoms with van der Waals surface area (Å²) in [6.45, 7) is 6.73. The molecule has 1 aromatic carbocycles. The standard InChI is InChI=1S/C14H21NO2/c1-11-3-4-13(9-12(11)2)14(5-7-16)10-15-6-8-17-14/h3-4,9,15-16H,5-8,10H2,1-2H3. The number of nitrogens with one attached hydrogen (secondary N) is 1. The molecule has 2 rings (SSSR count). The number of morpholine rings is 1. The first-order chi connectivity index (χ1) is 8.18. The summed E-state index contributed by atoms with van der Waals surface area (Å²) < 4.78 is 5.96. The van der Waals surface area contributed by atoms with E-state index in [1.807, 2.05) is 0 Å². The topological polar surface area (TPSA) is 41.5 Å². The van der Waals surface area contributed by atoms with Crippen LogP contribution in [0.3, 0.4) is 0 Å². The van der Waals surface area contributed by atoms with E-state index in [4.69, 9.17) is 4.74 Å². The summed E-state index contributed by atoms with van der Waals surface area (Å²) >= 11 is 0. The van der Waals surface area contributed by atoms with Gasteiger partial charge in [0.05, 0.1) is 6.61 Å². The van der Waals surface area contributed by atoms with Gasteiger partial charge in [0.25, 0.3) is 0 Å². The van der Waals surface area contributed by atoms with Crippen LogP contribution >= 0.6 is 0 Å². The molecule has 0 bridgehead atoms. The van der Waals surface area contributed by atoms with Crippen molar-refractivity contribution in [3.05, 3.63) is 34.9 Å². The molecule has 17 heavy (non-hydrogen) atoms. The molecular formula is C14H21NO2. The summed E-state index contributed by atoms with van der Waals surface area (Å²) in [4.78, 5) is 0. The molecule has 94 valence electrons. The van der Waals surface area contributed by atoms with Gasteiger partial charge in [-0.3, -0.25) is 0 Å². The number of aliphatic hydroxyl groups is 1. The molecule has 1 aliphatic heterocycles. The van der Waals surface area contributed by atoms with Crippen LogP contribution in [0.15, 0.2) is 18.2 Å². The van der Waals surface area contributed by atoms with Crippen LogP contribution in [0.5, 0.6) is 0 Å². The molecule has 0 radical (unpaired) electrons. The molecule has 1 heterocycles. The molecule has 1 unspecified atom stereocenters. The zero-order valence-corrected chi connectivity index (χ0v) is 10.6. The Morgan fingerprint density at radius 3 is 2.76 bits per heavy atom. The molecule has 1 atom stereocenters. The van der Waals surface area contributed by atoms with Crippen molar-refractivity contribution in [2.45, 2.75) is 25.9 Å².